The van der Waals surface area contributed by atoms with Gasteiger partial charge in [-0.3, -0.25) is 0 Å². The summed E-state index contributed by atoms with van der Waals surface area (Å²) >= 11 is 5.66. The van der Waals surface area contributed by atoms with Gasteiger partial charge in [-0.1, -0.05) is 17.7 Å². The highest BCUT2D eigenvalue weighted by molar-refractivity contribution is 6.29. The molecule has 15 heavy (non-hydrogen) atoms. The first-order valence-corrected chi connectivity index (χ1v) is 5.29. The van der Waals surface area contributed by atoms with Crippen molar-refractivity contribution < 1.29 is 8.78 Å². The maximum absolute atomic E-state index is 12.9. The van der Waals surface area contributed by atoms with Crippen LogP contribution in [0.15, 0.2) is 18.3 Å². The molecule has 1 aliphatic rings. The summed E-state index contributed by atoms with van der Waals surface area (Å²) in [6, 6.07) is 3.53. The molecular weight excluding hydrogens is 220 g/mol. The van der Waals surface area contributed by atoms with Gasteiger partial charge in [-0.25, -0.2) is 13.8 Å². The fourth-order valence-electron chi connectivity index (χ4n) is 1.79. The van der Waals surface area contributed by atoms with Crippen molar-refractivity contribution in [3.8, 4) is 0 Å². The fraction of sp³-hybridized carbons (Fsp3) is 0.455. The highest BCUT2D eigenvalue weighted by Crippen LogP contribution is 2.39. The normalized spacial score (nSPS) is 21.5. The minimum absolute atomic E-state index is 0.0506. The van der Waals surface area contributed by atoms with Crippen LogP contribution in [0.4, 0.5) is 8.78 Å². The Balaban J connectivity index is 2.04. The van der Waals surface area contributed by atoms with Gasteiger partial charge in [0, 0.05) is 25.0 Å². The second-order valence-corrected chi connectivity index (χ2v) is 4.22. The van der Waals surface area contributed by atoms with Crippen molar-refractivity contribution in [2.45, 2.75) is 31.6 Å². The van der Waals surface area contributed by atoms with E-state index in [0.717, 1.165) is 11.5 Å². The van der Waals surface area contributed by atoms with Crippen molar-refractivity contribution in [2.75, 3.05) is 0 Å². The van der Waals surface area contributed by atoms with Crippen LogP contribution in [0.3, 0.4) is 0 Å². The topological polar surface area (TPSA) is 12.9 Å². The number of hydrogen-bond acceptors (Lipinski definition) is 1. The molecule has 1 radical (unpaired) electrons. The molecule has 1 aliphatic carbocycles. The quantitative estimate of drug-likeness (QED) is 0.668. The van der Waals surface area contributed by atoms with Crippen LogP contribution < -0.4 is 0 Å². The van der Waals surface area contributed by atoms with Crippen LogP contribution >= 0.6 is 11.6 Å². The summed E-state index contributed by atoms with van der Waals surface area (Å²) in [5.74, 6) is -1.42. The zero-order valence-electron chi connectivity index (χ0n) is 8.14. The SMILES string of the molecule is FC1(F)CC[C](c2ccc(Cl)nc2)CC1. The summed E-state index contributed by atoms with van der Waals surface area (Å²) in [5, 5.41) is 0.431. The molecule has 1 heterocycles. The summed E-state index contributed by atoms with van der Waals surface area (Å²) in [4.78, 5) is 3.95. The minimum Gasteiger partial charge on any atom is -0.244 e. The van der Waals surface area contributed by atoms with E-state index in [2.05, 4.69) is 4.98 Å². The number of halogens is 3. The summed E-state index contributed by atoms with van der Waals surface area (Å²) in [6.45, 7) is 0. The number of nitrogens with zero attached hydrogens (tertiary/aromatic N) is 1. The first kappa shape index (κ1) is 10.8. The van der Waals surface area contributed by atoms with Gasteiger partial charge in [-0.15, -0.1) is 0 Å². The van der Waals surface area contributed by atoms with E-state index < -0.39 is 5.92 Å². The summed E-state index contributed by atoms with van der Waals surface area (Å²) in [5.41, 5.74) is 0.940. The molecule has 1 aromatic heterocycles. The number of pyridine rings is 1. The zero-order valence-corrected chi connectivity index (χ0v) is 8.90. The lowest BCUT2D eigenvalue weighted by molar-refractivity contribution is -0.0283. The molecule has 1 saturated carbocycles. The second kappa shape index (κ2) is 4.05. The average molecular weight is 231 g/mol. The average Bonchev–Trinajstić information content (AvgIpc) is 2.20. The Morgan fingerprint density at radius 3 is 2.40 bits per heavy atom. The van der Waals surface area contributed by atoms with E-state index in [0.29, 0.717) is 18.0 Å². The van der Waals surface area contributed by atoms with Crippen LogP contribution in [-0.2, 0) is 0 Å². The maximum Gasteiger partial charge on any atom is 0.248 e. The molecule has 0 unspecified atom stereocenters. The van der Waals surface area contributed by atoms with Gasteiger partial charge in [0.15, 0.2) is 0 Å². The highest BCUT2D eigenvalue weighted by Gasteiger charge is 2.35. The van der Waals surface area contributed by atoms with Gasteiger partial charge in [0.25, 0.3) is 0 Å². The van der Waals surface area contributed by atoms with Crippen molar-refractivity contribution >= 4 is 11.6 Å². The van der Waals surface area contributed by atoms with Crippen molar-refractivity contribution in [2.24, 2.45) is 0 Å². The predicted molar refractivity (Wildman–Crippen MR) is 55.0 cm³/mol. The van der Waals surface area contributed by atoms with Crippen molar-refractivity contribution in [3.05, 3.63) is 35.0 Å². The molecule has 1 aromatic rings. The maximum atomic E-state index is 12.9. The molecular formula is C11H11ClF2N. The molecule has 0 spiro atoms. The first-order valence-electron chi connectivity index (χ1n) is 4.91. The summed E-state index contributed by atoms with van der Waals surface area (Å²) in [6.07, 6.45) is 2.46. The van der Waals surface area contributed by atoms with Gasteiger partial charge >= 0.3 is 0 Å². The van der Waals surface area contributed by atoms with E-state index in [-0.39, 0.29) is 12.8 Å². The van der Waals surface area contributed by atoms with E-state index in [1.54, 1.807) is 12.3 Å². The smallest absolute Gasteiger partial charge is 0.244 e. The van der Waals surface area contributed by atoms with E-state index >= 15 is 0 Å². The molecule has 81 valence electrons. The molecule has 4 heteroatoms. The zero-order chi connectivity index (χ0) is 10.9. The van der Waals surface area contributed by atoms with Crippen LogP contribution in [0, 0.1) is 5.92 Å². The molecule has 0 aliphatic heterocycles. The van der Waals surface area contributed by atoms with Crippen molar-refractivity contribution in [1.82, 2.24) is 4.98 Å². The molecule has 0 bridgehead atoms. The molecule has 0 N–H and O–H groups in total. The standard InChI is InChI=1S/C11H11ClF2N/c12-10-2-1-9(7-15-10)8-3-5-11(13,14)6-4-8/h1-2,7H,3-6H2. The van der Waals surface area contributed by atoms with Gasteiger partial charge in [-0.2, -0.15) is 0 Å². The molecule has 1 fully saturated rings. The van der Waals surface area contributed by atoms with Crippen LogP contribution in [0.1, 0.15) is 31.2 Å². The van der Waals surface area contributed by atoms with Gasteiger partial charge in [0.2, 0.25) is 5.92 Å². The molecule has 1 nitrogen and oxygen atoms in total. The lowest BCUT2D eigenvalue weighted by Crippen LogP contribution is -2.24. The van der Waals surface area contributed by atoms with E-state index in [9.17, 15) is 8.78 Å². The lowest BCUT2D eigenvalue weighted by Gasteiger charge is -2.27. The molecule has 0 aromatic carbocycles. The van der Waals surface area contributed by atoms with E-state index in [1.807, 2.05) is 6.07 Å². The molecule has 0 atom stereocenters. The lowest BCUT2D eigenvalue weighted by atomic mass is 9.83. The third-order valence-electron chi connectivity index (χ3n) is 2.72. The fourth-order valence-corrected chi connectivity index (χ4v) is 1.90. The van der Waals surface area contributed by atoms with Gasteiger partial charge in [-0.05, 0) is 24.5 Å². The Bertz CT molecular complexity index is 327. The molecule has 0 amide bonds. The first-order chi connectivity index (χ1) is 7.07. The van der Waals surface area contributed by atoms with Crippen LogP contribution in [0.25, 0.3) is 0 Å². The largest absolute Gasteiger partial charge is 0.248 e. The Labute approximate surface area is 92.5 Å². The van der Waals surface area contributed by atoms with Gasteiger partial charge in [0.1, 0.15) is 5.15 Å². The highest BCUT2D eigenvalue weighted by atomic mass is 35.5. The Hall–Kier alpha value is -0.700. The Morgan fingerprint density at radius 1 is 1.20 bits per heavy atom. The predicted octanol–water partition coefficient (Wildman–Crippen LogP) is 3.87. The summed E-state index contributed by atoms with van der Waals surface area (Å²) < 4.78 is 25.8. The van der Waals surface area contributed by atoms with Crippen molar-refractivity contribution in [3.63, 3.8) is 0 Å². The Morgan fingerprint density at radius 2 is 1.87 bits per heavy atom. The molecule has 2 rings (SSSR count). The van der Waals surface area contributed by atoms with Crippen LogP contribution in [0.5, 0.6) is 0 Å². The third kappa shape index (κ3) is 2.65. The number of rotatable bonds is 1. The number of hydrogen-bond donors (Lipinski definition) is 0. The Kier molecular flexibility index (Phi) is 2.91. The minimum atomic E-state index is -2.48. The molecule has 0 saturated heterocycles. The summed E-state index contributed by atoms with van der Waals surface area (Å²) in [7, 11) is 0. The number of aromatic nitrogens is 1. The number of alkyl halides is 2. The van der Waals surface area contributed by atoms with Gasteiger partial charge < -0.3 is 0 Å². The second-order valence-electron chi connectivity index (χ2n) is 3.83. The van der Waals surface area contributed by atoms with Crippen LogP contribution in [0.2, 0.25) is 5.15 Å². The van der Waals surface area contributed by atoms with E-state index in [1.165, 1.54) is 0 Å². The van der Waals surface area contributed by atoms with Crippen LogP contribution in [-0.4, -0.2) is 10.9 Å². The third-order valence-corrected chi connectivity index (χ3v) is 2.94. The van der Waals surface area contributed by atoms with E-state index in [4.69, 9.17) is 11.6 Å². The van der Waals surface area contributed by atoms with Crippen molar-refractivity contribution in [1.29, 1.82) is 0 Å². The monoisotopic (exact) mass is 230 g/mol. The van der Waals surface area contributed by atoms with Gasteiger partial charge in [0.05, 0.1) is 0 Å².